The molecule has 1 unspecified atom stereocenters. The van der Waals surface area contributed by atoms with Crippen LogP contribution in [0.4, 0.5) is 0 Å². The standard InChI is InChI=1S/C18H15NO4S/c19-9-8-16(21)18(13-20,11-15-7-4-10-24-15)17(22)12-23-14-5-2-1-3-6-14/h1-7,10,13H,8,11-12H2. The van der Waals surface area contributed by atoms with Crippen molar-refractivity contribution in [2.75, 3.05) is 6.61 Å². The zero-order valence-electron chi connectivity index (χ0n) is 12.8. The second-order valence-corrected chi connectivity index (χ2v) is 6.16. The summed E-state index contributed by atoms with van der Waals surface area (Å²) in [4.78, 5) is 37.4. The van der Waals surface area contributed by atoms with Gasteiger partial charge in [-0.05, 0) is 23.6 Å². The average Bonchev–Trinajstić information content (AvgIpc) is 3.11. The van der Waals surface area contributed by atoms with Gasteiger partial charge >= 0.3 is 0 Å². The van der Waals surface area contributed by atoms with Crippen LogP contribution in [-0.2, 0) is 20.8 Å². The van der Waals surface area contributed by atoms with Gasteiger partial charge in [-0.2, -0.15) is 5.26 Å². The molecule has 122 valence electrons. The third-order valence-corrected chi connectivity index (χ3v) is 4.46. The van der Waals surface area contributed by atoms with Crippen LogP contribution in [0, 0.1) is 16.7 Å². The number of ether oxygens (including phenoxy) is 1. The van der Waals surface area contributed by atoms with Gasteiger partial charge in [0.1, 0.15) is 18.6 Å². The molecule has 2 rings (SSSR count). The summed E-state index contributed by atoms with van der Waals surface area (Å²) in [5.41, 5.74) is -1.88. The highest BCUT2D eigenvalue weighted by atomic mass is 32.1. The van der Waals surface area contributed by atoms with E-state index in [0.29, 0.717) is 12.0 Å². The summed E-state index contributed by atoms with van der Waals surface area (Å²) < 4.78 is 5.38. The highest BCUT2D eigenvalue weighted by Crippen LogP contribution is 2.28. The van der Waals surface area contributed by atoms with Crippen LogP contribution in [0.25, 0.3) is 0 Å². The number of thiophene rings is 1. The summed E-state index contributed by atoms with van der Waals surface area (Å²) in [6, 6.07) is 13.9. The van der Waals surface area contributed by atoms with Crippen molar-refractivity contribution in [3.63, 3.8) is 0 Å². The van der Waals surface area contributed by atoms with Gasteiger partial charge in [0.25, 0.3) is 0 Å². The molecule has 0 fully saturated rings. The molecule has 0 N–H and O–H groups in total. The molecule has 0 bridgehead atoms. The van der Waals surface area contributed by atoms with Gasteiger partial charge in [-0.25, -0.2) is 0 Å². The Bertz CT molecular complexity index is 749. The third kappa shape index (κ3) is 3.94. The molecule has 1 atom stereocenters. The van der Waals surface area contributed by atoms with E-state index < -0.39 is 30.0 Å². The van der Waals surface area contributed by atoms with Crippen molar-refractivity contribution < 1.29 is 19.1 Å². The first kappa shape index (κ1) is 17.6. The molecule has 5 nitrogen and oxygen atoms in total. The normalized spacial score (nSPS) is 12.6. The monoisotopic (exact) mass is 341 g/mol. The summed E-state index contributed by atoms with van der Waals surface area (Å²) in [6.45, 7) is -0.411. The average molecular weight is 341 g/mol. The quantitative estimate of drug-likeness (QED) is 0.517. The Labute approximate surface area is 143 Å². The Morgan fingerprint density at radius 3 is 2.50 bits per heavy atom. The lowest BCUT2D eigenvalue weighted by molar-refractivity contribution is -0.145. The van der Waals surface area contributed by atoms with Crippen LogP contribution in [0.5, 0.6) is 5.75 Å². The van der Waals surface area contributed by atoms with E-state index in [-0.39, 0.29) is 6.42 Å². The summed E-state index contributed by atoms with van der Waals surface area (Å²) in [6.07, 6.45) is -0.198. The molecule has 1 aromatic heterocycles. The maximum Gasteiger partial charge on any atom is 0.191 e. The lowest BCUT2D eigenvalue weighted by Crippen LogP contribution is -2.45. The number of hydrogen-bond donors (Lipinski definition) is 0. The van der Waals surface area contributed by atoms with Gasteiger partial charge < -0.3 is 9.53 Å². The molecule has 24 heavy (non-hydrogen) atoms. The fourth-order valence-electron chi connectivity index (χ4n) is 2.24. The van der Waals surface area contributed by atoms with Gasteiger partial charge in [0.2, 0.25) is 0 Å². The fraction of sp³-hybridized carbons (Fsp3) is 0.222. The van der Waals surface area contributed by atoms with Crippen LogP contribution in [0.1, 0.15) is 11.3 Å². The second kappa shape index (κ2) is 8.18. The summed E-state index contributed by atoms with van der Waals surface area (Å²) in [5, 5.41) is 10.6. The molecule has 0 spiro atoms. The number of carbonyl (C=O) groups is 3. The summed E-state index contributed by atoms with van der Waals surface area (Å²) in [5.74, 6) is -0.875. The topological polar surface area (TPSA) is 84.2 Å². The molecule has 0 radical (unpaired) electrons. The first-order valence-electron chi connectivity index (χ1n) is 7.22. The number of hydrogen-bond acceptors (Lipinski definition) is 6. The highest BCUT2D eigenvalue weighted by Gasteiger charge is 2.45. The number of rotatable bonds is 9. The molecule has 0 amide bonds. The number of Topliss-reactive ketones (excluding diaryl/α,β-unsaturated/α-hetero) is 2. The van der Waals surface area contributed by atoms with E-state index in [2.05, 4.69) is 0 Å². The molecule has 2 aromatic rings. The minimum atomic E-state index is -1.88. The van der Waals surface area contributed by atoms with E-state index in [1.807, 2.05) is 0 Å². The molecular weight excluding hydrogens is 326 g/mol. The van der Waals surface area contributed by atoms with Crippen LogP contribution in [0.15, 0.2) is 47.8 Å². The van der Waals surface area contributed by atoms with E-state index in [1.165, 1.54) is 11.3 Å². The number of nitriles is 1. The van der Waals surface area contributed by atoms with Crippen LogP contribution in [0.2, 0.25) is 0 Å². The Balaban J connectivity index is 2.23. The lowest BCUT2D eigenvalue weighted by Gasteiger charge is -2.23. The molecule has 0 saturated heterocycles. The van der Waals surface area contributed by atoms with Crippen molar-refractivity contribution in [3.05, 3.63) is 52.7 Å². The highest BCUT2D eigenvalue weighted by molar-refractivity contribution is 7.09. The van der Waals surface area contributed by atoms with Crippen LogP contribution < -0.4 is 4.74 Å². The maximum absolute atomic E-state index is 12.6. The van der Waals surface area contributed by atoms with Gasteiger partial charge in [-0.15, -0.1) is 11.3 Å². The largest absolute Gasteiger partial charge is 0.486 e. The van der Waals surface area contributed by atoms with Gasteiger partial charge in [-0.3, -0.25) is 9.59 Å². The zero-order valence-corrected chi connectivity index (χ0v) is 13.6. The van der Waals surface area contributed by atoms with E-state index in [4.69, 9.17) is 10.00 Å². The van der Waals surface area contributed by atoms with Crippen LogP contribution >= 0.6 is 11.3 Å². The van der Waals surface area contributed by atoms with E-state index in [9.17, 15) is 14.4 Å². The number of para-hydroxylation sites is 1. The first-order valence-corrected chi connectivity index (χ1v) is 8.10. The molecule has 0 aliphatic heterocycles. The van der Waals surface area contributed by atoms with Crippen molar-refractivity contribution in [1.29, 1.82) is 5.26 Å². The molecule has 0 aliphatic rings. The molecular formula is C18H15NO4S. The van der Waals surface area contributed by atoms with Crippen molar-refractivity contribution >= 4 is 29.2 Å². The Morgan fingerprint density at radius 2 is 1.92 bits per heavy atom. The minimum absolute atomic E-state index is 0.0499. The van der Waals surface area contributed by atoms with Crippen molar-refractivity contribution in [3.8, 4) is 11.8 Å². The predicted octanol–water partition coefficient (Wildman–Crippen LogP) is 2.61. The molecule has 1 heterocycles. The predicted molar refractivity (Wildman–Crippen MR) is 88.7 cm³/mol. The van der Waals surface area contributed by atoms with Crippen molar-refractivity contribution in [2.45, 2.75) is 12.8 Å². The van der Waals surface area contributed by atoms with Gasteiger partial charge in [0.05, 0.1) is 12.5 Å². The van der Waals surface area contributed by atoms with Gasteiger partial charge in [-0.1, -0.05) is 24.3 Å². The zero-order chi connectivity index (χ0) is 17.4. The van der Waals surface area contributed by atoms with E-state index >= 15 is 0 Å². The molecule has 6 heteroatoms. The number of ketones is 2. The van der Waals surface area contributed by atoms with E-state index in [0.717, 1.165) is 4.88 Å². The first-order chi connectivity index (χ1) is 11.6. The minimum Gasteiger partial charge on any atom is -0.486 e. The number of nitrogens with zero attached hydrogens (tertiary/aromatic N) is 1. The number of benzene rings is 1. The number of carbonyl (C=O) groups excluding carboxylic acids is 3. The SMILES string of the molecule is N#CCC(=O)C(C=O)(Cc1cccs1)C(=O)COc1ccccc1. The van der Waals surface area contributed by atoms with Crippen molar-refractivity contribution in [2.24, 2.45) is 5.41 Å². The summed E-state index contributed by atoms with van der Waals surface area (Å²) in [7, 11) is 0. The summed E-state index contributed by atoms with van der Waals surface area (Å²) >= 11 is 1.35. The Morgan fingerprint density at radius 1 is 1.17 bits per heavy atom. The smallest absolute Gasteiger partial charge is 0.191 e. The second-order valence-electron chi connectivity index (χ2n) is 5.13. The molecule has 0 saturated carbocycles. The van der Waals surface area contributed by atoms with Gasteiger partial charge in [0, 0.05) is 11.3 Å². The Kier molecular flexibility index (Phi) is 5.99. The maximum atomic E-state index is 12.6. The molecule has 0 aliphatic carbocycles. The van der Waals surface area contributed by atoms with E-state index in [1.54, 1.807) is 53.9 Å². The van der Waals surface area contributed by atoms with Gasteiger partial charge in [0.15, 0.2) is 17.0 Å². The van der Waals surface area contributed by atoms with Crippen LogP contribution in [-0.4, -0.2) is 24.5 Å². The third-order valence-electron chi connectivity index (χ3n) is 3.58. The lowest BCUT2D eigenvalue weighted by atomic mass is 9.76. The van der Waals surface area contributed by atoms with Crippen molar-refractivity contribution in [1.82, 2.24) is 0 Å². The van der Waals surface area contributed by atoms with Crippen LogP contribution in [0.3, 0.4) is 0 Å². The number of aldehydes is 1. The fourth-order valence-corrected chi connectivity index (χ4v) is 3.04. The molecule has 1 aromatic carbocycles. The Hall–Kier alpha value is -2.78.